The number of hydrogen-bond acceptors (Lipinski definition) is 4. The molecule has 2 aromatic heterocycles. The number of rotatable bonds is 3. The van der Waals surface area contributed by atoms with Crippen molar-refractivity contribution in [2.75, 3.05) is 31.5 Å². The number of aromatic nitrogens is 3. The maximum absolute atomic E-state index is 13.7. The lowest BCUT2D eigenvalue weighted by Gasteiger charge is -2.40. The number of aryl methyl sites for hydroxylation is 1. The number of urea groups is 1. The highest BCUT2D eigenvalue weighted by atomic mass is 19.1. The predicted molar refractivity (Wildman–Crippen MR) is 88.0 cm³/mol. The summed E-state index contributed by atoms with van der Waals surface area (Å²) in [4.78, 5) is 24.6. The number of halogens is 1. The topological polar surface area (TPSA) is 66.3 Å². The number of amides is 2. The van der Waals surface area contributed by atoms with Crippen molar-refractivity contribution in [1.82, 2.24) is 24.3 Å². The second kappa shape index (κ2) is 6.96. The first-order valence-corrected chi connectivity index (χ1v) is 7.97. The Kier molecular flexibility index (Phi) is 4.75. The van der Waals surface area contributed by atoms with Crippen molar-refractivity contribution in [3.63, 3.8) is 0 Å². The number of likely N-dealkylation sites (N-methyl/N-ethyl adjacent to an activating group) is 1. The molecule has 3 rings (SSSR count). The van der Waals surface area contributed by atoms with Gasteiger partial charge in [0.25, 0.3) is 0 Å². The van der Waals surface area contributed by atoms with E-state index in [0.29, 0.717) is 13.1 Å². The van der Waals surface area contributed by atoms with Crippen molar-refractivity contribution in [2.24, 2.45) is 7.05 Å². The predicted octanol–water partition coefficient (Wildman–Crippen LogP) is 1.86. The van der Waals surface area contributed by atoms with Crippen molar-refractivity contribution < 1.29 is 9.18 Å². The maximum Gasteiger partial charge on any atom is 0.322 e. The van der Waals surface area contributed by atoms with Gasteiger partial charge >= 0.3 is 6.03 Å². The van der Waals surface area contributed by atoms with Crippen LogP contribution in [0.1, 0.15) is 18.8 Å². The minimum Gasteiger partial charge on any atom is -0.337 e. The highest BCUT2D eigenvalue weighted by Gasteiger charge is 2.32. The maximum atomic E-state index is 13.7. The molecule has 0 bridgehead atoms. The first-order chi connectivity index (χ1) is 11.6. The molecule has 1 N–H and O–H groups in total. The van der Waals surface area contributed by atoms with Crippen LogP contribution in [0.2, 0.25) is 0 Å². The highest BCUT2D eigenvalue weighted by molar-refractivity contribution is 5.89. The van der Waals surface area contributed by atoms with Gasteiger partial charge in [0.1, 0.15) is 5.82 Å². The van der Waals surface area contributed by atoms with Crippen LogP contribution in [-0.4, -0.2) is 56.5 Å². The van der Waals surface area contributed by atoms with Gasteiger partial charge in [-0.1, -0.05) is 6.92 Å². The molecular weight excluding hydrogens is 311 g/mol. The van der Waals surface area contributed by atoms with E-state index < -0.39 is 5.82 Å². The fourth-order valence-corrected chi connectivity index (χ4v) is 3.00. The van der Waals surface area contributed by atoms with Gasteiger partial charge in [0, 0.05) is 45.3 Å². The molecule has 0 saturated carbocycles. The largest absolute Gasteiger partial charge is 0.337 e. The summed E-state index contributed by atoms with van der Waals surface area (Å²) in [5.74, 6) is 0.378. The zero-order valence-corrected chi connectivity index (χ0v) is 13.8. The Bertz CT molecular complexity index is 718. The Labute approximate surface area is 140 Å². The van der Waals surface area contributed by atoms with Gasteiger partial charge in [-0.05, 0) is 12.6 Å². The molecule has 1 saturated heterocycles. The molecule has 2 amide bonds. The molecule has 1 fully saturated rings. The Balaban J connectivity index is 1.74. The number of nitrogens with one attached hydrogen (secondary N) is 1. The van der Waals surface area contributed by atoms with E-state index in [1.807, 2.05) is 17.8 Å². The van der Waals surface area contributed by atoms with Crippen LogP contribution >= 0.6 is 0 Å². The summed E-state index contributed by atoms with van der Waals surface area (Å²) < 4.78 is 15.6. The summed E-state index contributed by atoms with van der Waals surface area (Å²) in [6.45, 7) is 4.83. The number of carbonyl (C=O) groups is 1. The SMILES string of the molecule is CCN1CCN(C(=O)Nc2ccncc2F)C[C@H]1c1nccn1C. The molecule has 8 heteroatoms. The van der Waals surface area contributed by atoms with Gasteiger partial charge in [0.15, 0.2) is 5.82 Å². The number of anilines is 1. The van der Waals surface area contributed by atoms with Crippen LogP contribution in [-0.2, 0) is 7.05 Å². The van der Waals surface area contributed by atoms with Gasteiger partial charge in [-0.25, -0.2) is 14.2 Å². The van der Waals surface area contributed by atoms with E-state index in [1.54, 1.807) is 11.1 Å². The molecule has 0 unspecified atom stereocenters. The van der Waals surface area contributed by atoms with Crippen LogP contribution in [0.3, 0.4) is 0 Å². The second-order valence-corrected chi connectivity index (χ2v) is 5.77. The first kappa shape index (κ1) is 16.4. The number of hydrogen-bond donors (Lipinski definition) is 1. The summed E-state index contributed by atoms with van der Waals surface area (Å²) in [5.41, 5.74) is 0.140. The number of nitrogens with zero attached hydrogens (tertiary/aromatic N) is 5. The molecular formula is C16H21FN6O. The van der Waals surface area contributed by atoms with E-state index in [0.717, 1.165) is 25.1 Å². The van der Waals surface area contributed by atoms with Gasteiger partial charge in [-0.15, -0.1) is 0 Å². The summed E-state index contributed by atoms with van der Waals surface area (Å²) in [6.07, 6.45) is 6.19. The van der Waals surface area contributed by atoms with Crippen LogP contribution in [0, 0.1) is 5.82 Å². The monoisotopic (exact) mass is 332 g/mol. The molecule has 2 aromatic rings. The van der Waals surface area contributed by atoms with Gasteiger partial charge in [-0.2, -0.15) is 0 Å². The molecule has 3 heterocycles. The fraction of sp³-hybridized carbons (Fsp3) is 0.438. The van der Waals surface area contributed by atoms with Gasteiger partial charge in [0.2, 0.25) is 0 Å². The third-order valence-electron chi connectivity index (χ3n) is 4.36. The van der Waals surface area contributed by atoms with Crippen LogP contribution in [0.5, 0.6) is 0 Å². The van der Waals surface area contributed by atoms with Crippen molar-refractivity contribution >= 4 is 11.7 Å². The lowest BCUT2D eigenvalue weighted by Crippen LogP contribution is -2.52. The van der Waals surface area contributed by atoms with Crippen LogP contribution in [0.15, 0.2) is 30.9 Å². The third kappa shape index (κ3) is 3.23. The van der Waals surface area contributed by atoms with E-state index >= 15 is 0 Å². The zero-order valence-electron chi connectivity index (χ0n) is 13.8. The Morgan fingerprint density at radius 2 is 2.25 bits per heavy atom. The first-order valence-electron chi connectivity index (χ1n) is 7.97. The van der Waals surface area contributed by atoms with Crippen LogP contribution in [0.4, 0.5) is 14.9 Å². The molecule has 24 heavy (non-hydrogen) atoms. The molecule has 1 aliphatic heterocycles. The number of imidazole rings is 1. The quantitative estimate of drug-likeness (QED) is 0.932. The van der Waals surface area contributed by atoms with E-state index in [9.17, 15) is 9.18 Å². The second-order valence-electron chi connectivity index (χ2n) is 5.77. The van der Waals surface area contributed by atoms with E-state index in [1.165, 1.54) is 12.3 Å². The molecule has 1 atom stereocenters. The van der Waals surface area contributed by atoms with Crippen molar-refractivity contribution in [2.45, 2.75) is 13.0 Å². The van der Waals surface area contributed by atoms with Crippen molar-refractivity contribution in [1.29, 1.82) is 0 Å². The van der Waals surface area contributed by atoms with E-state index in [-0.39, 0.29) is 17.8 Å². The standard InChI is InChI=1S/C16H21FN6O/c1-3-22-8-9-23(11-14(22)15-19-6-7-21(15)2)16(24)20-13-4-5-18-10-12(13)17/h4-7,10,14H,3,8-9,11H2,1-2H3,(H,18,20,24)/t14-/m0/s1. The Morgan fingerprint density at radius 1 is 1.42 bits per heavy atom. The zero-order chi connectivity index (χ0) is 17.1. The highest BCUT2D eigenvalue weighted by Crippen LogP contribution is 2.24. The minimum absolute atomic E-state index is 0.0248. The van der Waals surface area contributed by atoms with Crippen LogP contribution < -0.4 is 5.32 Å². The Morgan fingerprint density at radius 3 is 2.92 bits per heavy atom. The van der Waals surface area contributed by atoms with Crippen LogP contribution in [0.25, 0.3) is 0 Å². The molecule has 1 aliphatic rings. The summed E-state index contributed by atoms with van der Waals surface area (Å²) in [6, 6.07) is 1.16. The summed E-state index contributed by atoms with van der Waals surface area (Å²) in [5, 5.41) is 2.62. The molecule has 128 valence electrons. The molecule has 0 spiro atoms. The molecule has 7 nitrogen and oxygen atoms in total. The minimum atomic E-state index is -0.543. The van der Waals surface area contributed by atoms with E-state index in [2.05, 4.69) is 27.1 Å². The smallest absolute Gasteiger partial charge is 0.322 e. The van der Waals surface area contributed by atoms with Gasteiger partial charge in [0.05, 0.1) is 17.9 Å². The lowest BCUT2D eigenvalue weighted by molar-refractivity contribution is 0.0926. The number of pyridine rings is 1. The average Bonchev–Trinajstić information content (AvgIpc) is 3.02. The summed E-state index contributed by atoms with van der Waals surface area (Å²) >= 11 is 0. The molecule has 0 aliphatic carbocycles. The summed E-state index contributed by atoms with van der Waals surface area (Å²) in [7, 11) is 1.95. The normalized spacial score (nSPS) is 18.6. The third-order valence-corrected chi connectivity index (χ3v) is 4.36. The van der Waals surface area contributed by atoms with E-state index in [4.69, 9.17) is 0 Å². The fourth-order valence-electron chi connectivity index (χ4n) is 3.00. The van der Waals surface area contributed by atoms with Gasteiger partial charge in [-0.3, -0.25) is 9.88 Å². The number of piperazine rings is 1. The van der Waals surface area contributed by atoms with Crippen molar-refractivity contribution in [3.8, 4) is 0 Å². The number of carbonyl (C=O) groups excluding carboxylic acids is 1. The lowest BCUT2D eigenvalue weighted by atomic mass is 10.1. The Hall–Kier alpha value is -2.48. The van der Waals surface area contributed by atoms with Crippen molar-refractivity contribution in [3.05, 3.63) is 42.5 Å². The van der Waals surface area contributed by atoms with Gasteiger partial charge < -0.3 is 14.8 Å². The average molecular weight is 332 g/mol. The molecule has 0 aromatic carbocycles. The molecule has 0 radical (unpaired) electrons.